The second-order valence-electron chi connectivity index (χ2n) is 5.53. The molecule has 0 aromatic rings. The second-order valence-corrected chi connectivity index (χ2v) is 5.53. The zero-order chi connectivity index (χ0) is 11.9. The molecule has 0 aliphatic heterocycles. The van der Waals surface area contributed by atoms with E-state index < -0.39 is 0 Å². The number of aliphatic hydroxyl groups is 1. The van der Waals surface area contributed by atoms with Gasteiger partial charge in [0.25, 0.3) is 0 Å². The molecular formula is C12H24N2O. The number of aliphatic hydroxyl groups excluding tert-OH is 1. The Morgan fingerprint density at radius 1 is 1.27 bits per heavy atom. The lowest BCUT2D eigenvalue weighted by Gasteiger charge is -2.27. The highest BCUT2D eigenvalue weighted by atomic mass is 16.3. The summed E-state index contributed by atoms with van der Waals surface area (Å²) in [6.07, 6.45) is 3.38. The molecule has 0 aromatic carbocycles. The van der Waals surface area contributed by atoms with E-state index in [2.05, 4.69) is 19.9 Å². The first kappa shape index (κ1) is 14.4. The maximum Gasteiger partial charge on any atom is 0.0628 e. The number of nitrogens with zero attached hydrogens (tertiary/aromatic N) is 1. The molecule has 3 N–H and O–H groups in total. The van der Waals surface area contributed by atoms with Gasteiger partial charge in [0.2, 0.25) is 0 Å². The van der Waals surface area contributed by atoms with Crippen LogP contribution in [0.5, 0.6) is 0 Å². The van der Waals surface area contributed by atoms with Crippen LogP contribution in [0.25, 0.3) is 0 Å². The van der Waals surface area contributed by atoms with Crippen molar-refractivity contribution in [2.45, 2.75) is 46.5 Å². The lowest BCUT2D eigenvalue weighted by Crippen LogP contribution is -2.25. The predicted octanol–water partition coefficient (Wildman–Crippen LogP) is 2.05. The van der Waals surface area contributed by atoms with Crippen LogP contribution < -0.4 is 5.73 Å². The third-order valence-corrected chi connectivity index (χ3v) is 3.07. The fourth-order valence-electron chi connectivity index (χ4n) is 1.51. The van der Waals surface area contributed by atoms with Crippen molar-refractivity contribution in [3.63, 3.8) is 0 Å². The van der Waals surface area contributed by atoms with Gasteiger partial charge in [-0.25, -0.2) is 0 Å². The van der Waals surface area contributed by atoms with Crippen LogP contribution in [0.3, 0.4) is 0 Å². The van der Waals surface area contributed by atoms with E-state index in [-0.39, 0.29) is 17.4 Å². The van der Waals surface area contributed by atoms with E-state index in [1.165, 1.54) is 0 Å². The standard InChI is InChI=1S/C12H24N2O/c1-11(2,9-14)5-4-6-12(3,10-15)7-8-13/h15H,4-7,9-10,14H2,1-3H3. The van der Waals surface area contributed by atoms with E-state index in [1.54, 1.807) is 0 Å². The summed E-state index contributed by atoms with van der Waals surface area (Å²) >= 11 is 0. The molecule has 3 nitrogen and oxygen atoms in total. The number of nitrogens with two attached hydrogens (primary N) is 1. The SMILES string of the molecule is CC(C)(CN)CCCC(C)(CO)CC#N. The van der Waals surface area contributed by atoms with Gasteiger partial charge in [0, 0.05) is 18.4 Å². The van der Waals surface area contributed by atoms with Crippen molar-refractivity contribution in [1.82, 2.24) is 0 Å². The molecule has 0 aromatic heterocycles. The molecule has 0 radical (unpaired) electrons. The number of nitriles is 1. The number of rotatable bonds is 7. The quantitative estimate of drug-likeness (QED) is 0.678. The van der Waals surface area contributed by atoms with E-state index in [1.807, 2.05) is 6.92 Å². The molecule has 0 rings (SSSR count). The van der Waals surface area contributed by atoms with E-state index in [0.717, 1.165) is 19.3 Å². The summed E-state index contributed by atoms with van der Waals surface area (Å²) in [5.41, 5.74) is 5.58. The molecule has 1 unspecified atom stereocenters. The molecule has 15 heavy (non-hydrogen) atoms. The molecule has 1 atom stereocenters. The average molecular weight is 212 g/mol. The Hall–Kier alpha value is -0.590. The fourth-order valence-corrected chi connectivity index (χ4v) is 1.51. The largest absolute Gasteiger partial charge is 0.396 e. The molecule has 0 saturated heterocycles. The van der Waals surface area contributed by atoms with Gasteiger partial charge in [0.05, 0.1) is 6.07 Å². The molecule has 0 heterocycles. The number of hydrogen-bond donors (Lipinski definition) is 2. The smallest absolute Gasteiger partial charge is 0.0628 e. The Labute approximate surface area is 93.3 Å². The summed E-state index contributed by atoms with van der Waals surface area (Å²) in [7, 11) is 0. The minimum absolute atomic E-state index is 0.0869. The summed E-state index contributed by atoms with van der Waals surface area (Å²) in [5, 5.41) is 17.9. The van der Waals surface area contributed by atoms with Crippen molar-refractivity contribution in [1.29, 1.82) is 5.26 Å². The topological polar surface area (TPSA) is 70.0 Å². The highest BCUT2D eigenvalue weighted by Crippen LogP contribution is 2.30. The minimum atomic E-state index is -0.237. The highest BCUT2D eigenvalue weighted by molar-refractivity contribution is 4.85. The summed E-state index contributed by atoms with van der Waals surface area (Å²) in [6, 6.07) is 2.14. The molecular weight excluding hydrogens is 188 g/mol. The zero-order valence-corrected chi connectivity index (χ0v) is 10.2. The van der Waals surface area contributed by atoms with Gasteiger partial charge in [0.15, 0.2) is 0 Å². The Morgan fingerprint density at radius 2 is 1.87 bits per heavy atom. The van der Waals surface area contributed by atoms with Crippen LogP contribution in [0.4, 0.5) is 0 Å². The van der Waals surface area contributed by atoms with E-state index in [4.69, 9.17) is 11.0 Å². The molecule has 0 fully saturated rings. The van der Waals surface area contributed by atoms with Crippen molar-refractivity contribution >= 4 is 0 Å². The lowest BCUT2D eigenvalue weighted by atomic mass is 9.79. The lowest BCUT2D eigenvalue weighted by molar-refractivity contribution is 0.129. The third kappa shape index (κ3) is 5.76. The van der Waals surface area contributed by atoms with Crippen molar-refractivity contribution in [2.24, 2.45) is 16.6 Å². The van der Waals surface area contributed by atoms with Gasteiger partial charge in [-0.15, -0.1) is 0 Å². The second kappa shape index (κ2) is 6.09. The predicted molar refractivity (Wildman–Crippen MR) is 62.1 cm³/mol. The highest BCUT2D eigenvalue weighted by Gasteiger charge is 2.24. The first-order valence-electron chi connectivity index (χ1n) is 5.57. The van der Waals surface area contributed by atoms with E-state index in [0.29, 0.717) is 13.0 Å². The number of hydrogen-bond acceptors (Lipinski definition) is 3. The van der Waals surface area contributed by atoms with Crippen LogP contribution in [0.15, 0.2) is 0 Å². The molecule has 0 amide bonds. The summed E-state index contributed by atoms with van der Waals surface area (Å²) < 4.78 is 0. The molecule has 0 aliphatic carbocycles. The third-order valence-electron chi connectivity index (χ3n) is 3.07. The van der Waals surface area contributed by atoms with Crippen LogP contribution >= 0.6 is 0 Å². The monoisotopic (exact) mass is 212 g/mol. The van der Waals surface area contributed by atoms with Crippen molar-refractivity contribution in [3.8, 4) is 6.07 Å². The van der Waals surface area contributed by atoms with Crippen molar-refractivity contribution in [2.75, 3.05) is 13.2 Å². The van der Waals surface area contributed by atoms with Gasteiger partial charge in [0.1, 0.15) is 0 Å². The first-order valence-corrected chi connectivity index (χ1v) is 5.57. The average Bonchev–Trinajstić information content (AvgIpc) is 2.18. The maximum atomic E-state index is 9.23. The normalized spacial score (nSPS) is 15.7. The molecule has 88 valence electrons. The Balaban J connectivity index is 3.98. The first-order chi connectivity index (χ1) is 6.89. The van der Waals surface area contributed by atoms with Crippen molar-refractivity contribution in [3.05, 3.63) is 0 Å². The van der Waals surface area contributed by atoms with Gasteiger partial charge in [-0.05, 0) is 24.8 Å². The molecule has 0 aliphatic rings. The maximum absolute atomic E-state index is 9.23. The van der Waals surface area contributed by atoms with Gasteiger partial charge in [-0.2, -0.15) is 5.26 Å². The van der Waals surface area contributed by atoms with Gasteiger partial charge in [-0.1, -0.05) is 27.2 Å². The van der Waals surface area contributed by atoms with Crippen molar-refractivity contribution < 1.29 is 5.11 Å². The molecule has 0 spiro atoms. The van der Waals surface area contributed by atoms with Crippen LogP contribution in [0.1, 0.15) is 46.5 Å². The van der Waals surface area contributed by atoms with Crippen LogP contribution in [-0.4, -0.2) is 18.3 Å². The van der Waals surface area contributed by atoms with E-state index in [9.17, 15) is 5.11 Å². The summed E-state index contributed by atoms with van der Waals surface area (Å²) in [5.74, 6) is 0. The van der Waals surface area contributed by atoms with Crippen LogP contribution in [0.2, 0.25) is 0 Å². The zero-order valence-electron chi connectivity index (χ0n) is 10.2. The summed E-state index contributed by atoms with van der Waals surface area (Å²) in [6.45, 7) is 7.03. The Kier molecular flexibility index (Phi) is 5.85. The molecule has 3 heteroatoms. The van der Waals surface area contributed by atoms with Gasteiger partial charge in [-0.3, -0.25) is 0 Å². The van der Waals surface area contributed by atoms with E-state index >= 15 is 0 Å². The van der Waals surface area contributed by atoms with Crippen LogP contribution in [-0.2, 0) is 0 Å². The van der Waals surface area contributed by atoms with Crippen LogP contribution in [0, 0.1) is 22.2 Å². The minimum Gasteiger partial charge on any atom is -0.396 e. The fraction of sp³-hybridized carbons (Fsp3) is 0.917. The van der Waals surface area contributed by atoms with Gasteiger partial charge >= 0.3 is 0 Å². The summed E-state index contributed by atoms with van der Waals surface area (Å²) in [4.78, 5) is 0. The molecule has 0 bridgehead atoms. The molecule has 0 saturated carbocycles. The Morgan fingerprint density at radius 3 is 2.27 bits per heavy atom. The Bertz CT molecular complexity index is 220. The van der Waals surface area contributed by atoms with Gasteiger partial charge < -0.3 is 10.8 Å².